The van der Waals surface area contributed by atoms with Crippen molar-refractivity contribution in [2.45, 2.75) is 19.8 Å². The number of nitrogens with two attached hydrogens (primary N) is 1. The molecule has 1 amide bonds. The lowest BCUT2D eigenvalue weighted by Gasteiger charge is -2.33. The minimum Gasteiger partial charge on any atom is -0.449 e. The second kappa shape index (κ2) is 11.2. The first kappa shape index (κ1) is 24.5. The molecule has 0 unspecified atom stereocenters. The molecule has 1 aliphatic rings. The van der Waals surface area contributed by atoms with Gasteiger partial charge in [0.25, 0.3) is 0 Å². The molecule has 174 valence electrons. The van der Waals surface area contributed by atoms with Crippen molar-refractivity contribution in [2.75, 3.05) is 35.6 Å². The van der Waals surface area contributed by atoms with E-state index in [1.54, 1.807) is 36.7 Å². The van der Waals surface area contributed by atoms with Gasteiger partial charge in [0.05, 0.1) is 22.9 Å². The number of pyridine rings is 1. The summed E-state index contributed by atoms with van der Waals surface area (Å²) in [5.41, 5.74) is 8.21. The van der Waals surface area contributed by atoms with Gasteiger partial charge in [0.1, 0.15) is 0 Å². The van der Waals surface area contributed by atoms with Crippen molar-refractivity contribution < 1.29 is 14.3 Å². The highest BCUT2D eigenvalue weighted by Gasteiger charge is 2.22. The summed E-state index contributed by atoms with van der Waals surface area (Å²) in [6.07, 6.45) is 4.86. The summed E-state index contributed by atoms with van der Waals surface area (Å²) in [4.78, 5) is 33.4. The molecule has 4 rings (SSSR count). The van der Waals surface area contributed by atoms with E-state index in [1.807, 2.05) is 25.1 Å². The van der Waals surface area contributed by atoms with E-state index in [9.17, 15) is 9.59 Å². The lowest BCUT2D eigenvalue weighted by Crippen LogP contribution is -2.35. The summed E-state index contributed by atoms with van der Waals surface area (Å²) in [5, 5.41) is 2.69. The van der Waals surface area contributed by atoms with E-state index in [0.717, 1.165) is 36.5 Å². The Morgan fingerprint density at radius 2 is 1.88 bits per heavy atom. The van der Waals surface area contributed by atoms with Crippen LogP contribution in [0, 0.1) is 12.8 Å². The van der Waals surface area contributed by atoms with Gasteiger partial charge in [0, 0.05) is 41.6 Å². The fourth-order valence-corrected chi connectivity index (χ4v) is 4.65. The van der Waals surface area contributed by atoms with E-state index in [4.69, 9.17) is 10.5 Å². The molecule has 1 saturated heterocycles. The van der Waals surface area contributed by atoms with Crippen molar-refractivity contribution >= 4 is 52.7 Å². The van der Waals surface area contributed by atoms with Crippen LogP contribution in [-0.4, -0.2) is 36.6 Å². The Bertz CT molecular complexity index is 1100. The summed E-state index contributed by atoms with van der Waals surface area (Å²) < 4.78 is 5.48. The van der Waals surface area contributed by atoms with Crippen molar-refractivity contribution in [1.29, 1.82) is 0 Å². The number of thiophene rings is 1. The molecule has 2 aromatic heterocycles. The number of ketones is 1. The molecule has 1 aromatic carbocycles. The van der Waals surface area contributed by atoms with Gasteiger partial charge in [-0.1, -0.05) is 6.07 Å². The van der Waals surface area contributed by atoms with Crippen molar-refractivity contribution in [1.82, 2.24) is 4.98 Å². The van der Waals surface area contributed by atoms with E-state index >= 15 is 0 Å². The Morgan fingerprint density at radius 3 is 2.55 bits per heavy atom. The molecule has 0 bridgehead atoms. The molecule has 0 saturated carbocycles. The maximum atomic E-state index is 12.9. The van der Waals surface area contributed by atoms with Crippen LogP contribution in [0.3, 0.4) is 0 Å². The summed E-state index contributed by atoms with van der Waals surface area (Å²) in [6, 6.07) is 12.7. The number of benzene rings is 1. The third kappa shape index (κ3) is 6.03. The number of nitrogens with one attached hydrogen (secondary N) is 1. The zero-order chi connectivity index (χ0) is 22.5. The average molecular weight is 487 g/mol. The zero-order valence-corrected chi connectivity index (χ0v) is 20.0. The Hall–Kier alpha value is -3.10. The highest BCUT2D eigenvalue weighted by Crippen LogP contribution is 2.29. The number of piperidine rings is 1. The molecule has 7 nitrogen and oxygen atoms in total. The maximum absolute atomic E-state index is 12.9. The minimum absolute atomic E-state index is 0. The van der Waals surface area contributed by atoms with Gasteiger partial charge in [-0.25, -0.2) is 4.79 Å². The monoisotopic (exact) mass is 486 g/mol. The summed E-state index contributed by atoms with van der Waals surface area (Å²) in [6.45, 7) is 4.09. The van der Waals surface area contributed by atoms with Crippen molar-refractivity contribution in [3.8, 4) is 0 Å². The van der Waals surface area contributed by atoms with Crippen LogP contribution in [0.2, 0.25) is 0 Å². The minimum atomic E-state index is -0.601. The van der Waals surface area contributed by atoms with Gasteiger partial charge in [-0.3, -0.25) is 15.1 Å². The quantitative estimate of drug-likeness (QED) is 0.369. The van der Waals surface area contributed by atoms with Crippen LogP contribution >= 0.6 is 23.7 Å². The van der Waals surface area contributed by atoms with Gasteiger partial charge in [-0.15, -0.1) is 23.7 Å². The number of ether oxygens (including phenoxy) is 1. The Kier molecular flexibility index (Phi) is 8.30. The first-order valence-electron chi connectivity index (χ1n) is 10.6. The lowest BCUT2D eigenvalue weighted by molar-refractivity contribution is 0.104. The van der Waals surface area contributed by atoms with Gasteiger partial charge in [-0.2, -0.15) is 0 Å². The molecular weight excluding hydrogens is 460 g/mol. The summed E-state index contributed by atoms with van der Waals surface area (Å²) >= 11 is 1.41. The number of halogens is 1. The molecule has 33 heavy (non-hydrogen) atoms. The van der Waals surface area contributed by atoms with E-state index in [-0.39, 0.29) is 18.2 Å². The highest BCUT2D eigenvalue weighted by molar-refractivity contribution is 7.14. The van der Waals surface area contributed by atoms with Crippen molar-refractivity contribution in [2.24, 2.45) is 5.92 Å². The van der Waals surface area contributed by atoms with E-state index in [2.05, 4.69) is 15.2 Å². The maximum Gasteiger partial charge on any atom is 0.411 e. The molecule has 9 heteroatoms. The predicted molar refractivity (Wildman–Crippen MR) is 135 cm³/mol. The van der Waals surface area contributed by atoms with Gasteiger partial charge < -0.3 is 15.4 Å². The number of aryl methyl sites for hydroxylation is 1. The largest absolute Gasteiger partial charge is 0.449 e. The van der Waals surface area contributed by atoms with Gasteiger partial charge >= 0.3 is 6.09 Å². The van der Waals surface area contributed by atoms with Gasteiger partial charge in [-0.05, 0) is 62.1 Å². The molecule has 0 atom stereocenters. The molecule has 3 N–H and O–H groups in total. The highest BCUT2D eigenvalue weighted by atomic mass is 35.5. The third-order valence-corrected chi connectivity index (χ3v) is 6.62. The number of hydrogen-bond acceptors (Lipinski definition) is 7. The average Bonchev–Trinajstić information content (AvgIpc) is 3.26. The SMILES string of the molecule is Cc1ccc(C(=O)c2cccc(N)c2NC(=O)OCC2CCN(c3ccncc3)CC2)s1.Cl. The van der Waals surface area contributed by atoms with Crippen LogP contribution in [0.4, 0.5) is 21.9 Å². The molecule has 0 aliphatic carbocycles. The number of anilines is 3. The zero-order valence-electron chi connectivity index (χ0n) is 18.3. The number of carbonyl (C=O) groups excluding carboxylic acids is 2. The number of rotatable bonds is 6. The number of nitrogens with zero attached hydrogens (tertiary/aromatic N) is 2. The van der Waals surface area contributed by atoms with Crippen LogP contribution in [0.25, 0.3) is 0 Å². The summed E-state index contributed by atoms with van der Waals surface area (Å²) in [5.74, 6) is 0.122. The topological polar surface area (TPSA) is 97.5 Å². The van der Waals surface area contributed by atoms with Crippen molar-refractivity contribution in [3.63, 3.8) is 0 Å². The van der Waals surface area contributed by atoms with Gasteiger partial charge in [0.2, 0.25) is 5.78 Å². The first-order chi connectivity index (χ1) is 15.5. The molecule has 1 fully saturated rings. The Morgan fingerprint density at radius 1 is 1.15 bits per heavy atom. The fourth-order valence-electron chi connectivity index (χ4n) is 3.83. The van der Waals surface area contributed by atoms with E-state index in [0.29, 0.717) is 34.3 Å². The predicted octanol–water partition coefficient (Wildman–Crippen LogP) is 5.15. The lowest BCUT2D eigenvalue weighted by atomic mass is 9.97. The third-order valence-electron chi connectivity index (χ3n) is 5.63. The number of carbonyl (C=O) groups is 2. The van der Waals surface area contributed by atoms with Crippen LogP contribution in [0.15, 0.2) is 54.9 Å². The second-order valence-electron chi connectivity index (χ2n) is 7.87. The molecule has 3 heterocycles. The number of para-hydroxylation sites is 1. The molecule has 0 radical (unpaired) electrons. The smallest absolute Gasteiger partial charge is 0.411 e. The van der Waals surface area contributed by atoms with Crippen LogP contribution in [0.5, 0.6) is 0 Å². The van der Waals surface area contributed by atoms with E-state index < -0.39 is 6.09 Å². The molecule has 0 spiro atoms. The standard InChI is InChI=1S/C24H26N4O3S.ClH/c1-16-5-6-21(32-16)23(29)19-3-2-4-20(25)22(19)27-24(30)31-15-17-9-13-28(14-10-17)18-7-11-26-12-8-18;/h2-8,11-12,17H,9-10,13-15,25H2,1H3,(H,27,30);1H. The second-order valence-corrected chi connectivity index (χ2v) is 9.16. The molecular formula is C24H27ClN4O3S. The molecule has 3 aromatic rings. The Labute approximate surface area is 203 Å². The number of aromatic nitrogens is 1. The first-order valence-corrected chi connectivity index (χ1v) is 11.4. The Balaban J connectivity index is 0.00000306. The summed E-state index contributed by atoms with van der Waals surface area (Å²) in [7, 11) is 0. The van der Waals surface area contributed by atoms with E-state index in [1.165, 1.54) is 11.3 Å². The number of amides is 1. The molecule has 1 aliphatic heterocycles. The number of hydrogen-bond donors (Lipinski definition) is 2. The van der Waals surface area contributed by atoms with Crippen LogP contribution < -0.4 is 16.0 Å². The van der Waals surface area contributed by atoms with Crippen LogP contribution in [0.1, 0.15) is 33.0 Å². The van der Waals surface area contributed by atoms with Crippen molar-refractivity contribution in [3.05, 3.63) is 70.2 Å². The fraction of sp³-hybridized carbons (Fsp3) is 0.292. The van der Waals surface area contributed by atoms with Crippen LogP contribution in [-0.2, 0) is 4.74 Å². The van der Waals surface area contributed by atoms with Gasteiger partial charge in [0.15, 0.2) is 0 Å². The number of nitrogen functional groups attached to an aromatic ring is 1. The normalized spacial score (nSPS) is 13.8.